The van der Waals surface area contributed by atoms with Gasteiger partial charge in [0.1, 0.15) is 0 Å². The maximum absolute atomic E-state index is 11.9. The zero-order valence-electron chi connectivity index (χ0n) is 11.4. The number of carbonyl (C=O) groups excluding carboxylic acids is 1. The predicted molar refractivity (Wildman–Crippen MR) is 71.2 cm³/mol. The summed E-state index contributed by atoms with van der Waals surface area (Å²) in [6, 6.07) is 0. The molecule has 0 aliphatic heterocycles. The van der Waals surface area contributed by atoms with Crippen molar-refractivity contribution < 1.29 is 9.90 Å². The van der Waals surface area contributed by atoms with Gasteiger partial charge in [-0.25, -0.2) is 0 Å². The van der Waals surface area contributed by atoms with Crippen LogP contribution in [0.2, 0.25) is 0 Å². The van der Waals surface area contributed by atoms with Crippen molar-refractivity contribution in [2.45, 2.75) is 51.0 Å². The Hall–Kier alpha value is -0.610. The first-order chi connectivity index (χ1) is 8.63. The highest BCUT2D eigenvalue weighted by Gasteiger charge is 2.35. The second-order valence-electron chi connectivity index (χ2n) is 6.26. The third kappa shape index (κ3) is 3.95. The molecule has 104 valence electrons. The van der Waals surface area contributed by atoms with Crippen LogP contribution in [-0.2, 0) is 4.79 Å². The van der Waals surface area contributed by atoms with Crippen molar-refractivity contribution in [1.82, 2.24) is 10.6 Å². The van der Waals surface area contributed by atoms with Crippen LogP contribution in [0.3, 0.4) is 0 Å². The molecule has 2 rings (SSSR count). The smallest absolute Gasteiger partial charge is 0.234 e. The summed E-state index contributed by atoms with van der Waals surface area (Å²) in [5.41, 5.74) is -0.365. The molecule has 0 bridgehead atoms. The van der Waals surface area contributed by atoms with Crippen molar-refractivity contribution in [3.63, 3.8) is 0 Å². The fourth-order valence-electron chi connectivity index (χ4n) is 3.01. The van der Waals surface area contributed by atoms with E-state index >= 15 is 0 Å². The Labute approximate surface area is 110 Å². The number of hydrogen-bond acceptors (Lipinski definition) is 3. The minimum absolute atomic E-state index is 0.0267. The van der Waals surface area contributed by atoms with Gasteiger partial charge in [-0.3, -0.25) is 4.79 Å². The highest BCUT2D eigenvalue weighted by atomic mass is 16.3. The van der Waals surface area contributed by atoms with Crippen molar-refractivity contribution in [3.05, 3.63) is 0 Å². The number of amides is 1. The largest absolute Gasteiger partial charge is 0.394 e. The molecule has 4 heteroatoms. The van der Waals surface area contributed by atoms with Crippen LogP contribution in [0.1, 0.15) is 45.4 Å². The third-order valence-corrected chi connectivity index (χ3v) is 4.21. The Kier molecular flexibility index (Phi) is 4.62. The molecule has 4 nitrogen and oxygen atoms in total. The Morgan fingerprint density at radius 1 is 1.39 bits per heavy atom. The van der Waals surface area contributed by atoms with Gasteiger partial charge in [0.15, 0.2) is 0 Å². The molecule has 18 heavy (non-hydrogen) atoms. The quantitative estimate of drug-likeness (QED) is 0.664. The fraction of sp³-hybridized carbons (Fsp3) is 0.929. The molecule has 2 fully saturated rings. The molecule has 3 N–H and O–H groups in total. The molecule has 2 aliphatic rings. The SMILES string of the molecule is CC1CCCC(CO)(NC(=O)CNCC2CC2)C1. The zero-order chi connectivity index (χ0) is 13.0. The second-order valence-corrected chi connectivity index (χ2v) is 6.26. The number of aliphatic hydroxyl groups is 1. The van der Waals surface area contributed by atoms with E-state index in [0.29, 0.717) is 12.5 Å². The minimum atomic E-state index is -0.365. The van der Waals surface area contributed by atoms with Crippen LogP contribution in [-0.4, -0.2) is 36.2 Å². The molecule has 2 unspecified atom stereocenters. The normalized spacial score (nSPS) is 32.2. The lowest BCUT2D eigenvalue weighted by atomic mass is 9.77. The van der Waals surface area contributed by atoms with Gasteiger partial charge in [0.05, 0.1) is 18.7 Å². The van der Waals surface area contributed by atoms with Gasteiger partial charge in [0.25, 0.3) is 0 Å². The van der Waals surface area contributed by atoms with Gasteiger partial charge < -0.3 is 15.7 Å². The standard InChI is InChI=1S/C14H26N2O2/c1-11-3-2-6-14(7-11,10-17)16-13(18)9-15-8-12-4-5-12/h11-12,15,17H,2-10H2,1H3,(H,16,18). The van der Waals surface area contributed by atoms with Gasteiger partial charge in [-0.2, -0.15) is 0 Å². The van der Waals surface area contributed by atoms with Crippen molar-refractivity contribution >= 4 is 5.91 Å². The summed E-state index contributed by atoms with van der Waals surface area (Å²) >= 11 is 0. The molecule has 0 spiro atoms. The summed E-state index contributed by atoms with van der Waals surface area (Å²) in [7, 11) is 0. The number of hydrogen-bond donors (Lipinski definition) is 3. The average Bonchev–Trinajstić information content (AvgIpc) is 3.13. The van der Waals surface area contributed by atoms with Crippen LogP contribution in [0.15, 0.2) is 0 Å². The third-order valence-electron chi connectivity index (χ3n) is 4.21. The van der Waals surface area contributed by atoms with Gasteiger partial charge in [-0.15, -0.1) is 0 Å². The molecule has 2 aliphatic carbocycles. The summed E-state index contributed by atoms with van der Waals surface area (Å²) < 4.78 is 0. The number of rotatable bonds is 6. The Morgan fingerprint density at radius 2 is 2.17 bits per heavy atom. The first-order valence-electron chi connectivity index (χ1n) is 7.26. The minimum Gasteiger partial charge on any atom is -0.394 e. The predicted octanol–water partition coefficient (Wildman–Crippen LogP) is 1.04. The Balaban J connectivity index is 1.74. The summed E-state index contributed by atoms with van der Waals surface area (Å²) in [6.07, 6.45) is 6.70. The highest BCUT2D eigenvalue weighted by molar-refractivity contribution is 5.78. The lowest BCUT2D eigenvalue weighted by Crippen LogP contribution is -2.55. The molecule has 0 heterocycles. The van der Waals surface area contributed by atoms with Gasteiger partial charge in [0.2, 0.25) is 5.91 Å². The number of aliphatic hydroxyl groups excluding tert-OH is 1. The van der Waals surface area contributed by atoms with E-state index in [-0.39, 0.29) is 18.1 Å². The van der Waals surface area contributed by atoms with Gasteiger partial charge >= 0.3 is 0 Å². The first-order valence-corrected chi connectivity index (χ1v) is 7.26. The molecule has 1 amide bonds. The average molecular weight is 254 g/mol. The molecule has 0 radical (unpaired) electrons. The molecule has 0 saturated heterocycles. The van der Waals surface area contributed by atoms with Crippen molar-refractivity contribution in [2.24, 2.45) is 11.8 Å². The summed E-state index contributed by atoms with van der Waals surface area (Å²) in [5, 5.41) is 15.8. The van der Waals surface area contributed by atoms with E-state index in [4.69, 9.17) is 0 Å². The van der Waals surface area contributed by atoms with Crippen LogP contribution in [0, 0.1) is 11.8 Å². The molecule has 0 aromatic carbocycles. The summed E-state index contributed by atoms with van der Waals surface area (Å²) in [6.45, 7) is 3.59. The van der Waals surface area contributed by atoms with E-state index in [9.17, 15) is 9.90 Å². The maximum atomic E-state index is 11.9. The van der Waals surface area contributed by atoms with E-state index in [2.05, 4.69) is 17.6 Å². The summed E-state index contributed by atoms with van der Waals surface area (Å²) in [4.78, 5) is 11.9. The first kappa shape index (κ1) is 13.8. The molecular weight excluding hydrogens is 228 g/mol. The van der Waals surface area contributed by atoms with Crippen LogP contribution in [0.4, 0.5) is 0 Å². The molecule has 2 saturated carbocycles. The van der Waals surface area contributed by atoms with E-state index in [1.807, 2.05) is 0 Å². The van der Waals surface area contributed by atoms with E-state index < -0.39 is 0 Å². The summed E-state index contributed by atoms with van der Waals surface area (Å²) in [5.74, 6) is 1.41. The zero-order valence-corrected chi connectivity index (χ0v) is 11.4. The lowest BCUT2D eigenvalue weighted by Gasteiger charge is -2.39. The lowest BCUT2D eigenvalue weighted by molar-refractivity contribution is -0.123. The number of carbonyl (C=O) groups is 1. The molecular formula is C14H26N2O2. The van der Waals surface area contributed by atoms with Crippen molar-refractivity contribution in [2.75, 3.05) is 19.7 Å². The van der Waals surface area contributed by atoms with Crippen molar-refractivity contribution in [3.8, 4) is 0 Å². The van der Waals surface area contributed by atoms with Crippen LogP contribution < -0.4 is 10.6 Å². The monoisotopic (exact) mass is 254 g/mol. The van der Waals surface area contributed by atoms with Gasteiger partial charge in [-0.1, -0.05) is 19.8 Å². The molecule has 2 atom stereocenters. The van der Waals surface area contributed by atoms with Gasteiger partial charge in [0, 0.05) is 0 Å². The van der Waals surface area contributed by atoms with Crippen LogP contribution >= 0.6 is 0 Å². The maximum Gasteiger partial charge on any atom is 0.234 e. The van der Waals surface area contributed by atoms with Crippen molar-refractivity contribution in [1.29, 1.82) is 0 Å². The Morgan fingerprint density at radius 3 is 2.78 bits per heavy atom. The number of nitrogens with one attached hydrogen (secondary N) is 2. The highest BCUT2D eigenvalue weighted by Crippen LogP contribution is 2.32. The van der Waals surface area contributed by atoms with Gasteiger partial charge in [-0.05, 0) is 44.1 Å². The van der Waals surface area contributed by atoms with Crippen LogP contribution in [0.5, 0.6) is 0 Å². The molecule has 0 aromatic heterocycles. The fourth-order valence-corrected chi connectivity index (χ4v) is 3.01. The van der Waals surface area contributed by atoms with E-state index in [1.165, 1.54) is 19.3 Å². The molecule has 0 aromatic rings. The second kappa shape index (κ2) is 6.02. The Bertz CT molecular complexity index is 292. The van der Waals surface area contributed by atoms with E-state index in [1.54, 1.807) is 0 Å². The topological polar surface area (TPSA) is 61.4 Å². The van der Waals surface area contributed by atoms with Crippen LogP contribution in [0.25, 0.3) is 0 Å². The van der Waals surface area contributed by atoms with E-state index in [0.717, 1.165) is 31.7 Å².